The maximum Gasteiger partial charge on any atom is 0.490 e. The summed E-state index contributed by atoms with van der Waals surface area (Å²) in [6, 6.07) is 3.86. The summed E-state index contributed by atoms with van der Waals surface area (Å²) in [6.45, 7) is 2.66. The number of halogens is 4. The molecule has 160 valence electrons. The van der Waals surface area contributed by atoms with Crippen molar-refractivity contribution in [2.45, 2.75) is 12.7 Å². The molecule has 2 saturated heterocycles. The second-order valence-electron chi connectivity index (χ2n) is 6.86. The Kier molecular flexibility index (Phi) is 6.13. The quantitative estimate of drug-likeness (QED) is 0.745. The van der Waals surface area contributed by atoms with Crippen molar-refractivity contribution in [2.24, 2.45) is 11.8 Å². The highest BCUT2D eigenvalue weighted by Gasteiger charge is 2.46. The van der Waals surface area contributed by atoms with Gasteiger partial charge in [-0.1, -0.05) is 6.07 Å². The minimum Gasteiger partial charge on any atom is -0.475 e. The zero-order valence-electron chi connectivity index (χ0n) is 15.5. The molecule has 1 N–H and O–H groups in total. The maximum atomic E-state index is 12.9. The molecule has 0 aromatic carbocycles. The fourth-order valence-electron chi connectivity index (χ4n) is 3.43. The van der Waals surface area contributed by atoms with Crippen molar-refractivity contribution in [3.63, 3.8) is 0 Å². The van der Waals surface area contributed by atoms with Gasteiger partial charge in [0.1, 0.15) is 0 Å². The summed E-state index contributed by atoms with van der Waals surface area (Å²) in [4.78, 5) is 37.5. The van der Waals surface area contributed by atoms with E-state index in [1.165, 1.54) is 0 Å². The number of likely N-dealkylation sites (tertiary alicyclic amines) is 1. The van der Waals surface area contributed by atoms with Crippen LogP contribution < -0.4 is 4.90 Å². The van der Waals surface area contributed by atoms with Gasteiger partial charge in [-0.25, -0.2) is 19.2 Å². The number of amides is 1. The van der Waals surface area contributed by atoms with Crippen LogP contribution in [0.1, 0.15) is 5.56 Å². The van der Waals surface area contributed by atoms with E-state index >= 15 is 0 Å². The molecule has 2 aliphatic rings. The third kappa shape index (κ3) is 4.99. The number of hydrogen-bond acceptors (Lipinski definition) is 6. The summed E-state index contributed by atoms with van der Waals surface area (Å²) >= 11 is 0. The first-order chi connectivity index (χ1) is 14.1. The fourth-order valence-corrected chi connectivity index (χ4v) is 3.43. The van der Waals surface area contributed by atoms with Crippen molar-refractivity contribution in [1.29, 1.82) is 0 Å². The number of carboxylic acids is 1. The number of alkyl halides is 3. The molecule has 12 heteroatoms. The van der Waals surface area contributed by atoms with E-state index in [-0.39, 0.29) is 17.7 Å². The third-order valence-electron chi connectivity index (χ3n) is 4.75. The third-order valence-corrected chi connectivity index (χ3v) is 4.75. The lowest BCUT2D eigenvalue weighted by Crippen LogP contribution is -2.33. The van der Waals surface area contributed by atoms with E-state index in [0.29, 0.717) is 19.0 Å². The second kappa shape index (κ2) is 8.59. The van der Waals surface area contributed by atoms with Crippen molar-refractivity contribution < 1.29 is 32.3 Å². The van der Waals surface area contributed by atoms with E-state index in [0.717, 1.165) is 31.0 Å². The summed E-state index contributed by atoms with van der Waals surface area (Å²) in [5.41, 5.74) is 1.04. The Morgan fingerprint density at radius 1 is 1.17 bits per heavy atom. The molecule has 8 nitrogen and oxygen atoms in total. The Morgan fingerprint density at radius 2 is 1.83 bits per heavy atom. The molecule has 4 rings (SSSR count). The van der Waals surface area contributed by atoms with Crippen molar-refractivity contribution in [3.8, 4) is 0 Å². The Balaban J connectivity index is 0.000000318. The summed E-state index contributed by atoms with van der Waals surface area (Å²) in [6.07, 6.45) is 0.755. The van der Waals surface area contributed by atoms with Gasteiger partial charge in [0.15, 0.2) is 5.82 Å². The average Bonchev–Trinajstić information content (AvgIpc) is 3.23. The lowest BCUT2D eigenvalue weighted by atomic mass is 10.0. The van der Waals surface area contributed by atoms with Crippen LogP contribution in [-0.2, 0) is 16.1 Å². The van der Waals surface area contributed by atoms with Crippen molar-refractivity contribution in [2.75, 3.05) is 24.5 Å². The maximum absolute atomic E-state index is 12.9. The number of carbonyl (C=O) groups excluding carboxylic acids is 1. The first-order valence-corrected chi connectivity index (χ1v) is 8.85. The number of nitrogens with zero attached hydrogens (tertiary/aromatic N) is 5. The summed E-state index contributed by atoms with van der Waals surface area (Å²) in [5, 5.41) is 7.12. The number of pyridine rings is 1. The number of rotatable bonds is 3. The van der Waals surface area contributed by atoms with Gasteiger partial charge < -0.3 is 14.9 Å². The monoisotopic (exact) mass is 427 g/mol. The molecule has 0 spiro atoms. The molecule has 2 fully saturated rings. The first-order valence-electron chi connectivity index (χ1n) is 8.85. The predicted molar refractivity (Wildman–Crippen MR) is 94.5 cm³/mol. The molecule has 2 aromatic heterocycles. The lowest BCUT2D eigenvalue weighted by Gasteiger charge is -2.21. The molecule has 30 heavy (non-hydrogen) atoms. The fraction of sp³-hybridized carbons (Fsp3) is 0.389. The van der Waals surface area contributed by atoms with Crippen molar-refractivity contribution in [1.82, 2.24) is 19.9 Å². The van der Waals surface area contributed by atoms with Gasteiger partial charge in [0.2, 0.25) is 11.9 Å². The molecule has 0 aliphatic carbocycles. The molecule has 2 aliphatic heterocycles. The SMILES string of the molecule is O=C(O)C(F)(F)F.O=C1[C@H]2CN(c3ncc(F)cn3)C[C@H]2CN1Cc1cccnc1. The van der Waals surface area contributed by atoms with Gasteiger partial charge in [-0.2, -0.15) is 13.2 Å². The lowest BCUT2D eigenvalue weighted by molar-refractivity contribution is -0.192. The van der Waals surface area contributed by atoms with Gasteiger partial charge in [-0.3, -0.25) is 9.78 Å². The summed E-state index contributed by atoms with van der Waals surface area (Å²) < 4.78 is 44.7. The van der Waals surface area contributed by atoms with Crippen LogP contribution in [0.3, 0.4) is 0 Å². The number of anilines is 1. The molecule has 0 unspecified atom stereocenters. The number of aliphatic carboxylic acids is 1. The number of carbonyl (C=O) groups is 2. The molecule has 1 amide bonds. The minimum atomic E-state index is -5.08. The summed E-state index contributed by atoms with van der Waals surface area (Å²) in [5.74, 6) is -2.30. The van der Waals surface area contributed by atoms with Crippen LogP contribution in [0.4, 0.5) is 23.5 Å². The molecule has 4 heterocycles. The standard InChI is InChI=1S/C16H16FN5O.C2HF3O2/c17-13-5-19-16(20-6-13)22-9-12-8-21(15(23)14(12)10-22)7-11-2-1-3-18-4-11;3-2(4,5)1(6)7/h1-6,12,14H,7-10H2;(H,6,7)/t12-,14+;/m1./s1. The Labute approximate surface area is 168 Å². The highest BCUT2D eigenvalue weighted by atomic mass is 19.4. The van der Waals surface area contributed by atoms with Crippen molar-refractivity contribution in [3.05, 3.63) is 48.3 Å². The number of fused-ring (bicyclic) bond motifs is 1. The molecular weight excluding hydrogens is 410 g/mol. The number of hydrogen-bond donors (Lipinski definition) is 1. The average molecular weight is 427 g/mol. The van der Waals surface area contributed by atoms with Gasteiger partial charge in [-0.15, -0.1) is 0 Å². The van der Waals surface area contributed by atoms with Crippen LogP contribution in [0.5, 0.6) is 0 Å². The van der Waals surface area contributed by atoms with E-state index in [2.05, 4.69) is 15.0 Å². The largest absolute Gasteiger partial charge is 0.490 e. The Morgan fingerprint density at radius 3 is 2.37 bits per heavy atom. The molecular formula is C18H17F4N5O3. The predicted octanol–water partition coefficient (Wildman–Crippen LogP) is 1.74. The van der Waals surface area contributed by atoms with Gasteiger partial charge >= 0.3 is 12.1 Å². The van der Waals surface area contributed by atoms with E-state index < -0.39 is 18.0 Å². The second-order valence-corrected chi connectivity index (χ2v) is 6.86. The van der Waals surface area contributed by atoms with Crippen LogP contribution in [0.2, 0.25) is 0 Å². The van der Waals surface area contributed by atoms with E-state index in [1.54, 1.807) is 12.4 Å². The molecule has 2 aromatic rings. The van der Waals surface area contributed by atoms with Gasteiger partial charge in [0.05, 0.1) is 18.3 Å². The normalized spacial score (nSPS) is 20.6. The van der Waals surface area contributed by atoms with Crippen LogP contribution in [0, 0.1) is 17.7 Å². The molecule has 0 radical (unpaired) electrons. The minimum absolute atomic E-state index is 0.0275. The smallest absolute Gasteiger partial charge is 0.475 e. The van der Waals surface area contributed by atoms with Crippen LogP contribution >= 0.6 is 0 Å². The van der Waals surface area contributed by atoms with Crippen LogP contribution in [0.25, 0.3) is 0 Å². The van der Waals surface area contributed by atoms with E-state index in [4.69, 9.17) is 9.90 Å². The molecule has 0 saturated carbocycles. The first kappa shape index (κ1) is 21.4. The highest BCUT2D eigenvalue weighted by Crippen LogP contribution is 2.34. The van der Waals surface area contributed by atoms with Gasteiger partial charge in [0, 0.05) is 44.5 Å². The van der Waals surface area contributed by atoms with E-state index in [1.807, 2.05) is 21.9 Å². The zero-order chi connectivity index (χ0) is 21.9. The van der Waals surface area contributed by atoms with E-state index in [9.17, 15) is 22.4 Å². The number of aromatic nitrogens is 3. The van der Waals surface area contributed by atoms with Crippen molar-refractivity contribution >= 4 is 17.8 Å². The molecule has 2 atom stereocenters. The Hall–Kier alpha value is -3.31. The highest BCUT2D eigenvalue weighted by molar-refractivity contribution is 5.83. The number of carboxylic acid groups (broad SMARTS) is 1. The zero-order valence-corrected chi connectivity index (χ0v) is 15.5. The van der Waals surface area contributed by atoms with Gasteiger partial charge in [-0.05, 0) is 11.6 Å². The Bertz CT molecular complexity index is 895. The van der Waals surface area contributed by atoms with Gasteiger partial charge in [0.25, 0.3) is 0 Å². The van der Waals surface area contributed by atoms with Crippen LogP contribution in [0.15, 0.2) is 36.9 Å². The summed E-state index contributed by atoms with van der Waals surface area (Å²) in [7, 11) is 0. The topological polar surface area (TPSA) is 99.5 Å². The van der Waals surface area contributed by atoms with Crippen LogP contribution in [-0.4, -0.2) is 62.6 Å². The molecule has 0 bridgehead atoms.